The number of benzene rings is 3. The van der Waals surface area contributed by atoms with Gasteiger partial charge in [-0.1, -0.05) is 24.3 Å². The maximum atomic E-state index is 13.0. The van der Waals surface area contributed by atoms with Gasteiger partial charge in [0.15, 0.2) is 0 Å². The minimum atomic E-state index is -0.292. The van der Waals surface area contributed by atoms with Crippen molar-refractivity contribution in [3.05, 3.63) is 95.1 Å². The van der Waals surface area contributed by atoms with Gasteiger partial charge in [-0.3, -0.25) is 9.36 Å². The van der Waals surface area contributed by atoms with Crippen LogP contribution in [0.5, 0.6) is 0 Å². The van der Waals surface area contributed by atoms with Crippen molar-refractivity contribution >= 4 is 16.9 Å². The Balaban J connectivity index is 1.59. The molecule has 0 saturated heterocycles. The summed E-state index contributed by atoms with van der Waals surface area (Å²) in [4.78, 5) is 17.1. The first-order valence-electron chi connectivity index (χ1n) is 9.10. The van der Waals surface area contributed by atoms with Crippen LogP contribution in [-0.2, 0) is 6.54 Å². The van der Waals surface area contributed by atoms with Crippen LogP contribution in [0, 0.1) is 19.7 Å². The number of aromatic nitrogens is 2. The number of amides is 1. The van der Waals surface area contributed by atoms with E-state index in [9.17, 15) is 9.18 Å². The van der Waals surface area contributed by atoms with Gasteiger partial charge in [-0.2, -0.15) is 0 Å². The number of carbonyl (C=O) groups excluding carboxylic acids is 1. The Morgan fingerprint density at radius 2 is 1.82 bits per heavy atom. The summed E-state index contributed by atoms with van der Waals surface area (Å²) >= 11 is 0. The summed E-state index contributed by atoms with van der Waals surface area (Å²) in [5, 5.41) is 2.86. The molecule has 0 aliphatic rings. The number of nitrogens with one attached hydrogen (secondary N) is 1. The Morgan fingerprint density at radius 1 is 1.04 bits per heavy atom. The summed E-state index contributed by atoms with van der Waals surface area (Å²) in [5.41, 5.74) is 5.34. The van der Waals surface area contributed by atoms with Gasteiger partial charge in [-0.15, -0.1) is 0 Å². The monoisotopic (exact) mass is 373 g/mol. The second-order valence-electron chi connectivity index (χ2n) is 6.85. The van der Waals surface area contributed by atoms with Gasteiger partial charge in [-0.25, -0.2) is 9.37 Å². The lowest BCUT2D eigenvalue weighted by molar-refractivity contribution is 0.0951. The first kappa shape index (κ1) is 17.9. The van der Waals surface area contributed by atoms with Gasteiger partial charge >= 0.3 is 0 Å². The smallest absolute Gasteiger partial charge is 0.251 e. The molecule has 4 rings (SSSR count). The molecule has 1 heterocycles. The van der Waals surface area contributed by atoms with Crippen molar-refractivity contribution in [1.29, 1.82) is 0 Å². The zero-order valence-corrected chi connectivity index (χ0v) is 15.7. The molecule has 0 aliphatic carbocycles. The molecule has 0 fully saturated rings. The maximum absolute atomic E-state index is 13.0. The van der Waals surface area contributed by atoms with Gasteiger partial charge < -0.3 is 5.32 Å². The summed E-state index contributed by atoms with van der Waals surface area (Å²) in [6, 6.07) is 19.8. The van der Waals surface area contributed by atoms with E-state index in [1.54, 1.807) is 24.3 Å². The van der Waals surface area contributed by atoms with Crippen LogP contribution in [0.2, 0.25) is 0 Å². The largest absolute Gasteiger partial charge is 0.348 e. The average Bonchev–Trinajstić information content (AvgIpc) is 3.02. The fourth-order valence-corrected chi connectivity index (χ4v) is 3.32. The van der Waals surface area contributed by atoms with Crippen LogP contribution in [0.3, 0.4) is 0 Å². The Kier molecular flexibility index (Phi) is 4.65. The third kappa shape index (κ3) is 3.51. The predicted octanol–water partition coefficient (Wildman–Crippen LogP) is 4.71. The van der Waals surface area contributed by atoms with Crippen molar-refractivity contribution in [2.24, 2.45) is 0 Å². The van der Waals surface area contributed by atoms with Crippen molar-refractivity contribution in [2.45, 2.75) is 20.4 Å². The molecule has 1 N–H and O–H groups in total. The highest BCUT2D eigenvalue weighted by Gasteiger charge is 2.13. The second kappa shape index (κ2) is 7.27. The molecule has 0 unspecified atom stereocenters. The lowest BCUT2D eigenvalue weighted by Gasteiger charge is -2.08. The van der Waals surface area contributed by atoms with Gasteiger partial charge in [0.2, 0.25) is 0 Å². The molecular weight excluding hydrogens is 353 g/mol. The molecule has 5 heteroatoms. The predicted molar refractivity (Wildman–Crippen MR) is 108 cm³/mol. The molecule has 0 saturated carbocycles. The minimum Gasteiger partial charge on any atom is -0.348 e. The molecule has 4 aromatic rings. The third-order valence-corrected chi connectivity index (χ3v) is 4.71. The van der Waals surface area contributed by atoms with E-state index in [1.165, 1.54) is 17.7 Å². The van der Waals surface area contributed by atoms with Crippen LogP contribution in [-0.4, -0.2) is 15.5 Å². The number of hydrogen-bond donors (Lipinski definition) is 1. The van der Waals surface area contributed by atoms with E-state index in [4.69, 9.17) is 0 Å². The lowest BCUT2D eigenvalue weighted by atomic mass is 10.1. The highest BCUT2D eigenvalue weighted by molar-refractivity contribution is 5.97. The van der Waals surface area contributed by atoms with Gasteiger partial charge in [-0.05, 0) is 67.4 Å². The number of halogens is 1. The fourth-order valence-electron chi connectivity index (χ4n) is 3.32. The first-order chi connectivity index (χ1) is 13.5. The number of aryl methyl sites for hydroxylation is 2. The number of hydrogen-bond acceptors (Lipinski definition) is 2. The number of nitrogens with zero attached hydrogens (tertiary/aromatic N) is 2. The van der Waals surface area contributed by atoms with Crippen LogP contribution < -0.4 is 5.32 Å². The molecule has 140 valence electrons. The molecule has 0 aliphatic heterocycles. The number of imidazole rings is 1. The summed E-state index contributed by atoms with van der Waals surface area (Å²) in [6.07, 6.45) is 0. The Hall–Kier alpha value is -3.47. The van der Waals surface area contributed by atoms with Gasteiger partial charge in [0, 0.05) is 17.8 Å². The van der Waals surface area contributed by atoms with E-state index < -0.39 is 0 Å². The third-order valence-electron chi connectivity index (χ3n) is 4.71. The molecule has 0 spiro atoms. The molecule has 4 nitrogen and oxygen atoms in total. The van der Waals surface area contributed by atoms with Crippen LogP contribution in [0.15, 0.2) is 66.7 Å². The standard InChI is InChI=1S/C23H20FN3O/c1-15-4-3-5-20(12-15)27-16(2)26-21-13-18(8-11-22(21)27)23(28)25-14-17-6-9-19(24)10-7-17/h3-13H,14H2,1-2H3,(H,25,28). The molecule has 0 radical (unpaired) electrons. The average molecular weight is 373 g/mol. The molecule has 1 amide bonds. The van der Waals surface area contributed by atoms with Crippen molar-refractivity contribution < 1.29 is 9.18 Å². The van der Waals surface area contributed by atoms with Crippen LogP contribution in [0.1, 0.15) is 27.3 Å². The van der Waals surface area contributed by atoms with E-state index in [2.05, 4.69) is 33.9 Å². The molecule has 0 atom stereocenters. The highest BCUT2D eigenvalue weighted by atomic mass is 19.1. The van der Waals surface area contributed by atoms with Crippen molar-refractivity contribution in [2.75, 3.05) is 0 Å². The van der Waals surface area contributed by atoms with Crippen molar-refractivity contribution in [3.63, 3.8) is 0 Å². The van der Waals surface area contributed by atoms with Crippen LogP contribution in [0.4, 0.5) is 4.39 Å². The van der Waals surface area contributed by atoms with Crippen molar-refractivity contribution in [1.82, 2.24) is 14.9 Å². The number of fused-ring (bicyclic) bond motifs is 1. The lowest BCUT2D eigenvalue weighted by Crippen LogP contribution is -2.22. The van der Waals surface area contributed by atoms with Gasteiger partial charge in [0.05, 0.1) is 11.0 Å². The zero-order valence-electron chi connectivity index (χ0n) is 15.7. The van der Waals surface area contributed by atoms with Crippen LogP contribution in [0.25, 0.3) is 16.7 Å². The molecule has 1 aromatic heterocycles. The highest BCUT2D eigenvalue weighted by Crippen LogP contribution is 2.23. The Labute approximate surface area is 162 Å². The zero-order chi connectivity index (χ0) is 19.7. The first-order valence-corrected chi connectivity index (χ1v) is 9.10. The van der Waals surface area contributed by atoms with Gasteiger partial charge in [0.25, 0.3) is 5.91 Å². The fraction of sp³-hybridized carbons (Fsp3) is 0.130. The quantitative estimate of drug-likeness (QED) is 0.563. The van der Waals surface area contributed by atoms with Crippen LogP contribution >= 0.6 is 0 Å². The second-order valence-corrected chi connectivity index (χ2v) is 6.85. The number of rotatable bonds is 4. The van der Waals surface area contributed by atoms with E-state index >= 15 is 0 Å². The normalized spacial score (nSPS) is 11.0. The number of carbonyl (C=O) groups is 1. The molecule has 28 heavy (non-hydrogen) atoms. The summed E-state index contributed by atoms with van der Waals surface area (Å²) in [7, 11) is 0. The molecule has 3 aromatic carbocycles. The van der Waals surface area contributed by atoms with Gasteiger partial charge in [0.1, 0.15) is 11.6 Å². The SMILES string of the molecule is Cc1cccc(-n2c(C)nc3cc(C(=O)NCc4ccc(F)cc4)ccc32)c1. The van der Waals surface area contributed by atoms with E-state index in [0.29, 0.717) is 12.1 Å². The maximum Gasteiger partial charge on any atom is 0.251 e. The molecule has 0 bridgehead atoms. The Bertz CT molecular complexity index is 1160. The Morgan fingerprint density at radius 3 is 2.57 bits per heavy atom. The summed E-state index contributed by atoms with van der Waals surface area (Å²) in [6.45, 7) is 4.35. The van der Waals surface area contributed by atoms with E-state index in [-0.39, 0.29) is 11.7 Å². The summed E-state index contributed by atoms with van der Waals surface area (Å²) in [5.74, 6) is 0.388. The molecular formula is C23H20FN3O. The summed E-state index contributed by atoms with van der Waals surface area (Å²) < 4.78 is 15.1. The van der Waals surface area contributed by atoms with E-state index in [0.717, 1.165) is 28.1 Å². The van der Waals surface area contributed by atoms with Crippen molar-refractivity contribution in [3.8, 4) is 5.69 Å². The topological polar surface area (TPSA) is 46.9 Å². The van der Waals surface area contributed by atoms with E-state index in [1.807, 2.05) is 25.1 Å². The minimum absolute atomic E-state index is 0.186.